The Labute approximate surface area is 112 Å². The molecule has 0 aromatic heterocycles. The SMILES string of the molecule is CC(C)=C(C)NCCCCCCc1ccccc1. The molecule has 1 N–H and O–H groups in total. The number of rotatable bonds is 8. The van der Waals surface area contributed by atoms with Gasteiger partial charge in [0, 0.05) is 12.2 Å². The van der Waals surface area contributed by atoms with E-state index in [1.54, 1.807) is 0 Å². The van der Waals surface area contributed by atoms with Crippen LogP contribution < -0.4 is 5.32 Å². The standard InChI is InChI=1S/C17H27N/c1-15(2)16(3)18-14-10-5-4-7-11-17-12-8-6-9-13-17/h6,8-9,12-13,18H,4-5,7,10-11,14H2,1-3H3. The molecular weight excluding hydrogens is 218 g/mol. The van der Waals surface area contributed by atoms with Crippen LogP contribution in [-0.2, 0) is 6.42 Å². The van der Waals surface area contributed by atoms with Crippen LogP contribution in [-0.4, -0.2) is 6.54 Å². The van der Waals surface area contributed by atoms with Gasteiger partial charge in [-0.05, 0) is 45.6 Å². The molecule has 18 heavy (non-hydrogen) atoms. The molecule has 1 heteroatoms. The molecule has 1 nitrogen and oxygen atoms in total. The van der Waals surface area contributed by atoms with Crippen molar-refractivity contribution in [2.75, 3.05) is 6.54 Å². The third kappa shape index (κ3) is 6.48. The molecule has 1 rings (SSSR count). The monoisotopic (exact) mass is 245 g/mol. The first kappa shape index (κ1) is 14.8. The van der Waals surface area contributed by atoms with E-state index >= 15 is 0 Å². The first-order valence-corrected chi connectivity index (χ1v) is 7.12. The summed E-state index contributed by atoms with van der Waals surface area (Å²) in [5.74, 6) is 0. The Balaban J connectivity index is 1.98. The summed E-state index contributed by atoms with van der Waals surface area (Å²) in [5, 5.41) is 3.47. The Kier molecular flexibility index (Phi) is 7.24. The fourth-order valence-electron chi connectivity index (χ4n) is 1.91. The topological polar surface area (TPSA) is 12.0 Å². The van der Waals surface area contributed by atoms with E-state index in [-0.39, 0.29) is 0 Å². The lowest BCUT2D eigenvalue weighted by molar-refractivity contribution is 0.615. The summed E-state index contributed by atoms with van der Waals surface area (Å²) in [5.41, 5.74) is 4.19. The van der Waals surface area contributed by atoms with Crippen molar-refractivity contribution in [3.63, 3.8) is 0 Å². The Bertz CT molecular complexity index is 347. The highest BCUT2D eigenvalue weighted by molar-refractivity contribution is 5.14. The minimum Gasteiger partial charge on any atom is -0.389 e. The van der Waals surface area contributed by atoms with E-state index in [1.807, 2.05) is 0 Å². The van der Waals surface area contributed by atoms with Crippen molar-refractivity contribution in [2.24, 2.45) is 0 Å². The predicted octanol–water partition coefficient (Wildman–Crippen LogP) is 4.69. The molecule has 0 amide bonds. The predicted molar refractivity (Wildman–Crippen MR) is 80.7 cm³/mol. The van der Waals surface area contributed by atoms with Crippen LogP contribution in [0, 0.1) is 0 Å². The first-order chi connectivity index (χ1) is 8.70. The molecular formula is C17H27N. The van der Waals surface area contributed by atoms with Crippen LogP contribution in [0.1, 0.15) is 52.0 Å². The second-order valence-corrected chi connectivity index (χ2v) is 5.20. The summed E-state index contributed by atoms with van der Waals surface area (Å²) in [6, 6.07) is 10.8. The molecule has 100 valence electrons. The van der Waals surface area contributed by atoms with Crippen LogP contribution >= 0.6 is 0 Å². The molecule has 0 saturated heterocycles. The summed E-state index contributed by atoms with van der Waals surface area (Å²) in [6.45, 7) is 7.58. The number of nitrogens with one attached hydrogen (secondary N) is 1. The van der Waals surface area contributed by atoms with Gasteiger partial charge in [-0.25, -0.2) is 0 Å². The molecule has 0 aliphatic carbocycles. The van der Waals surface area contributed by atoms with Gasteiger partial charge in [-0.15, -0.1) is 0 Å². The van der Waals surface area contributed by atoms with Gasteiger partial charge in [0.05, 0.1) is 0 Å². The lowest BCUT2D eigenvalue weighted by Gasteiger charge is -2.08. The zero-order valence-corrected chi connectivity index (χ0v) is 12.1. The number of hydrogen-bond donors (Lipinski definition) is 1. The van der Waals surface area contributed by atoms with Gasteiger partial charge in [-0.3, -0.25) is 0 Å². The fourth-order valence-corrected chi connectivity index (χ4v) is 1.91. The maximum atomic E-state index is 3.47. The van der Waals surface area contributed by atoms with Crippen molar-refractivity contribution in [3.8, 4) is 0 Å². The number of unbranched alkanes of at least 4 members (excludes halogenated alkanes) is 3. The van der Waals surface area contributed by atoms with Gasteiger partial charge in [-0.2, -0.15) is 0 Å². The number of allylic oxidation sites excluding steroid dienone is 2. The molecule has 0 bridgehead atoms. The van der Waals surface area contributed by atoms with Gasteiger partial charge in [-0.1, -0.05) is 48.7 Å². The van der Waals surface area contributed by atoms with Gasteiger partial charge in [0.25, 0.3) is 0 Å². The molecule has 0 radical (unpaired) electrons. The Morgan fingerprint density at radius 3 is 2.22 bits per heavy atom. The molecule has 1 aromatic carbocycles. The van der Waals surface area contributed by atoms with Crippen LogP contribution in [0.3, 0.4) is 0 Å². The van der Waals surface area contributed by atoms with Gasteiger partial charge < -0.3 is 5.32 Å². The van der Waals surface area contributed by atoms with Gasteiger partial charge >= 0.3 is 0 Å². The molecule has 1 aromatic rings. The molecule has 0 aliphatic rings. The average Bonchev–Trinajstić information content (AvgIpc) is 2.38. The first-order valence-electron chi connectivity index (χ1n) is 7.12. The minimum atomic E-state index is 1.11. The van der Waals surface area contributed by atoms with Crippen molar-refractivity contribution in [2.45, 2.75) is 52.9 Å². The van der Waals surface area contributed by atoms with E-state index in [0.717, 1.165) is 6.54 Å². The highest BCUT2D eigenvalue weighted by Crippen LogP contribution is 2.07. The number of benzene rings is 1. The normalized spacial score (nSPS) is 10.2. The Morgan fingerprint density at radius 1 is 0.889 bits per heavy atom. The lowest BCUT2D eigenvalue weighted by Crippen LogP contribution is -2.13. The lowest BCUT2D eigenvalue weighted by atomic mass is 10.1. The summed E-state index contributed by atoms with van der Waals surface area (Å²) in [7, 11) is 0. The third-order valence-electron chi connectivity index (χ3n) is 3.38. The summed E-state index contributed by atoms with van der Waals surface area (Å²) >= 11 is 0. The van der Waals surface area contributed by atoms with E-state index in [1.165, 1.54) is 48.9 Å². The van der Waals surface area contributed by atoms with Gasteiger partial charge in [0.15, 0.2) is 0 Å². The fraction of sp³-hybridized carbons (Fsp3) is 0.529. The molecule has 0 heterocycles. The minimum absolute atomic E-state index is 1.11. The zero-order chi connectivity index (χ0) is 13.2. The Morgan fingerprint density at radius 2 is 1.56 bits per heavy atom. The van der Waals surface area contributed by atoms with Crippen molar-refractivity contribution in [3.05, 3.63) is 47.2 Å². The quantitative estimate of drug-likeness (QED) is 0.655. The van der Waals surface area contributed by atoms with Gasteiger partial charge in [0.2, 0.25) is 0 Å². The van der Waals surface area contributed by atoms with Crippen molar-refractivity contribution < 1.29 is 0 Å². The highest BCUT2D eigenvalue weighted by atomic mass is 14.9. The maximum Gasteiger partial charge on any atom is 0.0143 e. The highest BCUT2D eigenvalue weighted by Gasteiger charge is 1.94. The average molecular weight is 245 g/mol. The summed E-state index contributed by atoms with van der Waals surface area (Å²) in [4.78, 5) is 0. The van der Waals surface area contributed by atoms with Crippen LogP contribution in [0.15, 0.2) is 41.6 Å². The molecule has 0 spiro atoms. The van der Waals surface area contributed by atoms with E-state index < -0.39 is 0 Å². The number of hydrogen-bond acceptors (Lipinski definition) is 1. The van der Waals surface area contributed by atoms with Crippen LogP contribution in [0.2, 0.25) is 0 Å². The second kappa shape index (κ2) is 8.79. The molecule has 0 atom stereocenters. The second-order valence-electron chi connectivity index (χ2n) is 5.20. The Hall–Kier alpha value is -1.24. The van der Waals surface area contributed by atoms with Crippen molar-refractivity contribution >= 4 is 0 Å². The molecule has 0 unspecified atom stereocenters. The van der Waals surface area contributed by atoms with Crippen molar-refractivity contribution in [1.82, 2.24) is 5.32 Å². The smallest absolute Gasteiger partial charge is 0.0143 e. The maximum absolute atomic E-state index is 3.47. The number of aryl methyl sites for hydroxylation is 1. The van der Waals surface area contributed by atoms with E-state index in [9.17, 15) is 0 Å². The van der Waals surface area contributed by atoms with Crippen LogP contribution in [0.25, 0.3) is 0 Å². The molecule has 0 fully saturated rings. The van der Waals surface area contributed by atoms with Crippen LogP contribution in [0.5, 0.6) is 0 Å². The van der Waals surface area contributed by atoms with Gasteiger partial charge in [0.1, 0.15) is 0 Å². The largest absolute Gasteiger partial charge is 0.389 e. The molecule has 0 saturated carbocycles. The zero-order valence-electron chi connectivity index (χ0n) is 12.1. The van der Waals surface area contributed by atoms with E-state index in [4.69, 9.17) is 0 Å². The molecule has 0 aliphatic heterocycles. The third-order valence-corrected chi connectivity index (χ3v) is 3.38. The van der Waals surface area contributed by atoms with Crippen LogP contribution in [0.4, 0.5) is 0 Å². The summed E-state index contributed by atoms with van der Waals surface area (Å²) in [6.07, 6.45) is 6.48. The summed E-state index contributed by atoms with van der Waals surface area (Å²) < 4.78 is 0. The van der Waals surface area contributed by atoms with E-state index in [0.29, 0.717) is 0 Å². The van der Waals surface area contributed by atoms with E-state index in [2.05, 4.69) is 56.4 Å². The van der Waals surface area contributed by atoms with Crippen molar-refractivity contribution in [1.29, 1.82) is 0 Å².